The van der Waals surface area contributed by atoms with Crippen LogP contribution >= 0.6 is 0 Å². The number of rotatable bonds is 8. The Balaban J connectivity index is 1.45. The molecule has 0 bridgehead atoms. The summed E-state index contributed by atoms with van der Waals surface area (Å²) in [5.41, 5.74) is 2.10. The summed E-state index contributed by atoms with van der Waals surface area (Å²) in [4.78, 5) is 23.7. The van der Waals surface area contributed by atoms with E-state index in [9.17, 15) is 23.1 Å². The number of esters is 1. The zero-order valence-corrected chi connectivity index (χ0v) is 19.8. The topological polar surface area (TPSA) is 123 Å². The number of ether oxygens (including phenoxy) is 1. The highest BCUT2D eigenvalue weighted by Crippen LogP contribution is 2.25. The molecule has 180 valence electrons. The number of furan rings is 1. The van der Waals surface area contributed by atoms with E-state index in [-0.39, 0.29) is 10.7 Å². The molecule has 2 N–H and O–H groups in total. The standard InChI is InChI=1S/C26H23NO7S/c1-16(2)24(25(28)29)27-35(31,32)21-13-9-18(10-14-21)17-7-11-20(12-8-17)33-26(30)23-15-19-5-3-4-6-22(19)34-23/h3-16,24,27H,1-2H3,(H,28,29)/t24-/m1/s1. The van der Waals surface area contributed by atoms with Crippen molar-refractivity contribution in [1.82, 2.24) is 4.72 Å². The molecule has 0 aliphatic carbocycles. The van der Waals surface area contributed by atoms with Crippen LogP contribution in [0.5, 0.6) is 5.75 Å². The molecule has 1 heterocycles. The zero-order chi connectivity index (χ0) is 25.2. The van der Waals surface area contributed by atoms with E-state index >= 15 is 0 Å². The summed E-state index contributed by atoms with van der Waals surface area (Å²) in [6, 6.07) is 20.5. The maximum absolute atomic E-state index is 12.6. The fourth-order valence-electron chi connectivity index (χ4n) is 3.49. The monoisotopic (exact) mass is 493 g/mol. The van der Waals surface area contributed by atoms with Gasteiger partial charge in [0.1, 0.15) is 17.4 Å². The van der Waals surface area contributed by atoms with Gasteiger partial charge in [-0.1, -0.05) is 56.3 Å². The lowest BCUT2D eigenvalue weighted by Gasteiger charge is -2.18. The average molecular weight is 494 g/mol. The van der Waals surface area contributed by atoms with Gasteiger partial charge in [0.2, 0.25) is 15.8 Å². The number of fused-ring (bicyclic) bond motifs is 1. The van der Waals surface area contributed by atoms with Gasteiger partial charge in [0.15, 0.2) is 0 Å². The van der Waals surface area contributed by atoms with Crippen LogP contribution in [-0.4, -0.2) is 31.5 Å². The van der Waals surface area contributed by atoms with Crippen molar-refractivity contribution >= 4 is 32.9 Å². The van der Waals surface area contributed by atoms with E-state index in [2.05, 4.69) is 4.72 Å². The Morgan fingerprint density at radius 1 is 0.914 bits per heavy atom. The predicted octanol–water partition coefficient (Wildman–Crippen LogP) is 4.71. The number of para-hydroxylation sites is 1. The molecule has 0 aliphatic rings. The maximum Gasteiger partial charge on any atom is 0.379 e. The number of aliphatic carboxylic acids is 1. The number of carboxylic acid groups (broad SMARTS) is 1. The molecule has 0 radical (unpaired) electrons. The van der Waals surface area contributed by atoms with Gasteiger partial charge in [-0.3, -0.25) is 4.79 Å². The molecular formula is C26H23NO7S. The number of carbonyl (C=O) groups is 2. The van der Waals surface area contributed by atoms with Crippen LogP contribution in [0.1, 0.15) is 24.4 Å². The van der Waals surface area contributed by atoms with Crippen LogP contribution in [0.4, 0.5) is 0 Å². The van der Waals surface area contributed by atoms with Crippen molar-refractivity contribution < 1.29 is 32.3 Å². The molecule has 0 amide bonds. The van der Waals surface area contributed by atoms with Gasteiger partial charge < -0.3 is 14.3 Å². The van der Waals surface area contributed by atoms with Gasteiger partial charge in [0.25, 0.3) is 0 Å². The summed E-state index contributed by atoms with van der Waals surface area (Å²) in [5.74, 6) is -1.83. The Labute approximate surface area is 202 Å². The van der Waals surface area contributed by atoms with Gasteiger partial charge in [-0.05, 0) is 53.4 Å². The van der Waals surface area contributed by atoms with E-state index in [1.807, 2.05) is 18.2 Å². The summed E-state index contributed by atoms with van der Waals surface area (Å²) in [6.45, 7) is 3.25. The molecule has 8 nitrogen and oxygen atoms in total. The first-order chi connectivity index (χ1) is 16.6. The Kier molecular flexibility index (Phi) is 6.72. The smallest absolute Gasteiger partial charge is 0.379 e. The van der Waals surface area contributed by atoms with Gasteiger partial charge >= 0.3 is 11.9 Å². The minimum atomic E-state index is -4.00. The minimum Gasteiger partial charge on any atom is -0.480 e. The van der Waals surface area contributed by atoms with Crippen molar-refractivity contribution in [3.05, 3.63) is 84.6 Å². The third kappa shape index (κ3) is 5.42. The predicted molar refractivity (Wildman–Crippen MR) is 130 cm³/mol. The number of carboxylic acids is 1. The first-order valence-electron chi connectivity index (χ1n) is 10.8. The third-order valence-electron chi connectivity index (χ3n) is 5.40. The molecule has 4 aromatic rings. The van der Waals surface area contributed by atoms with Gasteiger partial charge in [-0.15, -0.1) is 0 Å². The lowest BCUT2D eigenvalue weighted by atomic mass is 10.1. The molecular weight excluding hydrogens is 470 g/mol. The fraction of sp³-hybridized carbons (Fsp3) is 0.154. The number of hydrogen-bond donors (Lipinski definition) is 2. The lowest BCUT2D eigenvalue weighted by molar-refractivity contribution is -0.140. The molecule has 0 saturated heterocycles. The quantitative estimate of drug-likeness (QED) is 0.269. The highest BCUT2D eigenvalue weighted by molar-refractivity contribution is 7.89. The van der Waals surface area contributed by atoms with Crippen LogP contribution in [0.25, 0.3) is 22.1 Å². The van der Waals surface area contributed by atoms with Crippen LogP contribution in [0.3, 0.4) is 0 Å². The first kappa shape index (κ1) is 24.2. The zero-order valence-electron chi connectivity index (χ0n) is 19.0. The number of nitrogens with one attached hydrogen (secondary N) is 1. The Bertz CT molecular complexity index is 1440. The van der Waals surface area contributed by atoms with Gasteiger partial charge in [-0.2, -0.15) is 4.72 Å². The number of benzene rings is 3. The van der Waals surface area contributed by atoms with Crippen LogP contribution in [0.2, 0.25) is 0 Å². The molecule has 3 aromatic carbocycles. The van der Waals surface area contributed by atoms with Crippen molar-refractivity contribution in [2.75, 3.05) is 0 Å². The molecule has 0 spiro atoms. The maximum atomic E-state index is 12.6. The summed E-state index contributed by atoms with van der Waals surface area (Å²) < 4.78 is 38.3. The van der Waals surface area contributed by atoms with Crippen molar-refractivity contribution in [3.63, 3.8) is 0 Å². The van der Waals surface area contributed by atoms with Gasteiger partial charge in [0.05, 0.1) is 4.90 Å². The van der Waals surface area contributed by atoms with E-state index in [0.717, 1.165) is 16.5 Å². The molecule has 0 aliphatic heterocycles. The number of hydrogen-bond acceptors (Lipinski definition) is 6. The highest BCUT2D eigenvalue weighted by Gasteiger charge is 2.28. The normalized spacial score (nSPS) is 12.5. The number of carbonyl (C=O) groups excluding carboxylic acids is 1. The number of sulfonamides is 1. The summed E-state index contributed by atoms with van der Waals surface area (Å²) in [7, 11) is -4.00. The molecule has 1 aromatic heterocycles. The van der Waals surface area contributed by atoms with Crippen molar-refractivity contribution in [1.29, 1.82) is 0 Å². The van der Waals surface area contributed by atoms with E-state index < -0.39 is 33.9 Å². The molecule has 35 heavy (non-hydrogen) atoms. The summed E-state index contributed by atoms with van der Waals surface area (Å²) in [5, 5.41) is 10.1. The van der Waals surface area contributed by atoms with E-state index in [0.29, 0.717) is 11.3 Å². The second kappa shape index (κ2) is 9.73. The molecule has 9 heteroatoms. The van der Waals surface area contributed by atoms with Gasteiger partial charge in [-0.25, -0.2) is 13.2 Å². The van der Waals surface area contributed by atoms with Crippen LogP contribution in [0.15, 0.2) is 88.2 Å². The summed E-state index contributed by atoms with van der Waals surface area (Å²) >= 11 is 0. The molecule has 4 rings (SSSR count). The Hall–Kier alpha value is -3.95. The third-order valence-corrected chi connectivity index (χ3v) is 6.86. The Morgan fingerprint density at radius 2 is 1.51 bits per heavy atom. The summed E-state index contributed by atoms with van der Waals surface area (Å²) in [6.07, 6.45) is 0. The highest BCUT2D eigenvalue weighted by atomic mass is 32.2. The Morgan fingerprint density at radius 3 is 2.09 bits per heavy atom. The molecule has 0 fully saturated rings. The first-order valence-corrected chi connectivity index (χ1v) is 12.3. The van der Waals surface area contributed by atoms with Crippen molar-refractivity contribution in [2.45, 2.75) is 24.8 Å². The van der Waals surface area contributed by atoms with Crippen LogP contribution < -0.4 is 9.46 Å². The van der Waals surface area contributed by atoms with E-state index in [1.165, 1.54) is 12.1 Å². The SMILES string of the molecule is CC(C)[C@@H](NS(=O)(=O)c1ccc(-c2ccc(OC(=O)c3cc4ccccc4o3)cc2)cc1)C(=O)O. The van der Waals surface area contributed by atoms with E-state index in [1.54, 1.807) is 62.4 Å². The lowest BCUT2D eigenvalue weighted by Crippen LogP contribution is -2.44. The van der Waals surface area contributed by atoms with Crippen LogP contribution in [-0.2, 0) is 14.8 Å². The molecule has 0 saturated carbocycles. The van der Waals surface area contributed by atoms with E-state index in [4.69, 9.17) is 9.15 Å². The van der Waals surface area contributed by atoms with Crippen molar-refractivity contribution in [2.24, 2.45) is 5.92 Å². The van der Waals surface area contributed by atoms with Gasteiger partial charge in [0, 0.05) is 5.39 Å². The van der Waals surface area contributed by atoms with Crippen molar-refractivity contribution in [3.8, 4) is 16.9 Å². The molecule has 0 unspecified atom stereocenters. The fourth-order valence-corrected chi connectivity index (χ4v) is 4.83. The largest absolute Gasteiger partial charge is 0.480 e. The molecule has 1 atom stereocenters. The minimum absolute atomic E-state index is 0.0375. The van der Waals surface area contributed by atoms with Crippen LogP contribution in [0, 0.1) is 5.92 Å². The second-order valence-corrected chi connectivity index (χ2v) is 9.98. The average Bonchev–Trinajstić information content (AvgIpc) is 3.27. The second-order valence-electron chi connectivity index (χ2n) is 8.27.